The second-order valence-corrected chi connectivity index (χ2v) is 7.37. The summed E-state index contributed by atoms with van der Waals surface area (Å²) < 4.78 is 1.58. The van der Waals surface area contributed by atoms with E-state index in [0.717, 1.165) is 28.2 Å². The summed E-state index contributed by atoms with van der Waals surface area (Å²) in [6, 6.07) is 39.0. The predicted molar refractivity (Wildman–Crippen MR) is 130 cm³/mol. The monoisotopic (exact) mass is 415 g/mol. The molecule has 0 amide bonds. The van der Waals surface area contributed by atoms with Crippen molar-refractivity contribution in [2.45, 2.75) is 0 Å². The Labute approximate surface area is 186 Å². The topological polar surface area (TPSA) is 50.1 Å². The van der Waals surface area contributed by atoms with Crippen molar-refractivity contribution in [1.29, 1.82) is 0 Å². The maximum Gasteiger partial charge on any atom is 0.281 e. The number of hydrogen-bond acceptors (Lipinski definition) is 2. The van der Waals surface area contributed by atoms with Crippen molar-refractivity contribution in [2.75, 3.05) is 0 Å². The molecule has 4 heteroatoms. The molecule has 154 valence electrons. The van der Waals surface area contributed by atoms with E-state index in [0.29, 0.717) is 11.3 Å². The van der Waals surface area contributed by atoms with E-state index in [4.69, 9.17) is 4.99 Å². The minimum Gasteiger partial charge on any atom is -0.290 e. The number of hydrogen-bond donors (Lipinski definition) is 1. The Morgan fingerprint density at radius 2 is 1.19 bits per heavy atom. The van der Waals surface area contributed by atoms with E-state index in [1.54, 1.807) is 4.68 Å². The van der Waals surface area contributed by atoms with Gasteiger partial charge < -0.3 is 0 Å². The highest BCUT2D eigenvalue weighted by Gasteiger charge is 2.22. The van der Waals surface area contributed by atoms with Gasteiger partial charge in [0.2, 0.25) is 0 Å². The van der Waals surface area contributed by atoms with E-state index in [-0.39, 0.29) is 5.56 Å². The minimum absolute atomic E-state index is 0.145. The third kappa shape index (κ3) is 3.82. The van der Waals surface area contributed by atoms with Gasteiger partial charge >= 0.3 is 0 Å². The van der Waals surface area contributed by atoms with Crippen molar-refractivity contribution >= 4 is 11.4 Å². The lowest BCUT2D eigenvalue weighted by Crippen LogP contribution is -2.21. The highest BCUT2D eigenvalue weighted by molar-refractivity contribution is 6.16. The van der Waals surface area contributed by atoms with Gasteiger partial charge in [0.05, 0.1) is 28.3 Å². The maximum atomic E-state index is 13.8. The van der Waals surface area contributed by atoms with Crippen LogP contribution in [0.3, 0.4) is 0 Å². The SMILES string of the molecule is O=c1c(C(=Nc2ccccc2)c2ccccc2)c(-c2ccccc2)[nH]n1-c1ccccc1. The summed E-state index contributed by atoms with van der Waals surface area (Å²) in [5, 5.41) is 3.34. The molecule has 0 saturated carbocycles. The second kappa shape index (κ2) is 8.74. The first-order valence-electron chi connectivity index (χ1n) is 10.5. The van der Waals surface area contributed by atoms with Crippen LogP contribution in [0.2, 0.25) is 0 Å². The smallest absolute Gasteiger partial charge is 0.281 e. The molecule has 1 aromatic heterocycles. The summed E-state index contributed by atoms with van der Waals surface area (Å²) >= 11 is 0. The number of H-pyrrole nitrogens is 1. The Morgan fingerprint density at radius 3 is 1.81 bits per heavy atom. The van der Waals surface area contributed by atoms with Crippen LogP contribution in [0.15, 0.2) is 131 Å². The first kappa shape index (κ1) is 19.5. The molecular weight excluding hydrogens is 394 g/mol. The summed E-state index contributed by atoms with van der Waals surface area (Å²) in [4.78, 5) is 18.8. The molecule has 1 heterocycles. The van der Waals surface area contributed by atoms with Gasteiger partial charge in [-0.05, 0) is 24.3 Å². The fourth-order valence-electron chi connectivity index (χ4n) is 3.72. The third-order valence-electron chi connectivity index (χ3n) is 5.25. The van der Waals surface area contributed by atoms with Crippen LogP contribution < -0.4 is 5.56 Å². The lowest BCUT2D eigenvalue weighted by molar-refractivity contribution is 0.852. The number of aromatic nitrogens is 2. The van der Waals surface area contributed by atoms with E-state index in [2.05, 4.69) is 5.10 Å². The van der Waals surface area contributed by atoms with Crippen LogP contribution in [-0.2, 0) is 0 Å². The molecule has 0 bridgehead atoms. The zero-order chi connectivity index (χ0) is 21.8. The molecule has 0 aliphatic rings. The van der Waals surface area contributed by atoms with Gasteiger partial charge in [-0.2, -0.15) is 0 Å². The first-order valence-corrected chi connectivity index (χ1v) is 10.5. The number of nitrogens with zero attached hydrogens (tertiary/aromatic N) is 2. The average molecular weight is 415 g/mol. The highest BCUT2D eigenvalue weighted by atomic mass is 16.1. The number of aliphatic imine (C=N–C) groups is 1. The summed E-state index contributed by atoms with van der Waals surface area (Å²) in [6.07, 6.45) is 0. The zero-order valence-corrected chi connectivity index (χ0v) is 17.3. The van der Waals surface area contributed by atoms with Crippen LogP contribution in [0.5, 0.6) is 0 Å². The van der Waals surface area contributed by atoms with Gasteiger partial charge in [-0.1, -0.05) is 97.1 Å². The number of aromatic amines is 1. The third-order valence-corrected chi connectivity index (χ3v) is 5.25. The van der Waals surface area contributed by atoms with Crippen molar-refractivity contribution in [3.05, 3.63) is 143 Å². The lowest BCUT2D eigenvalue weighted by Gasteiger charge is -2.08. The van der Waals surface area contributed by atoms with Gasteiger partial charge in [-0.3, -0.25) is 9.89 Å². The predicted octanol–water partition coefficient (Wildman–Crippen LogP) is 6.00. The molecule has 0 radical (unpaired) electrons. The Balaban J connectivity index is 1.82. The number of para-hydroxylation sites is 2. The molecule has 0 fully saturated rings. The molecule has 5 aromatic rings. The fraction of sp³-hybridized carbons (Fsp3) is 0. The zero-order valence-electron chi connectivity index (χ0n) is 17.3. The van der Waals surface area contributed by atoms with Crippen molar-refractivity contribution in [2.24, 2.45) is 4.99 Å². The highest BCUT2D eigenvalue weighted by Crippen LogP contribution is 2.25. The minimum atomic E-state index is -0.145. The lowest BCUT2D eigenvalue weighted by atomic mass is 9.99. The summed E-state index contributed by atoms with van der Waals surface area (Å²) in [5.74, 6) is 0. The van der Waals surface area contributed by atoms with Gasteiger partial charge in [0.1, 0.15) is 0 Å². The normalized spacial score (nSPS) is 11.4. The van der Waals surface area contributed by atoms with Gasteiger partial charge in [0.15, 0.2) is 0 Å². The van der Waals surface area contributed by atoms with Gasteiger partial charge in [0.25, 0.3) is 5.56 Å². The van der Waals surface area contributed by atoms with Crippen LogP contribution in [0.4, 0.5) is 5.69 Å². The van der Waals surface area contributed by atoms with Gasteiger partial charge in [-0.25, -0.2) is 9.67 Å². The average Bonchev–Trinajstić information content (AvgIpc) is 3.21. The Morgan fingerprint density at radius 1 is 0.656 bits per heavy atom. The Kier molecular flexibility index (Phi) is 5.33. The van der Waals surface area contributed by atoms with Crippen molar-refractivity contribution < 1.29 is 0 Å². The van der Waals surface area contributed by atoms with Crippen molar-refractivity contribution in [3.63, 3.8) is 0 Å². The van der Waals surface area contributed by atoms with Gasteiger partial charge in [-0.15, -0.1) is 0 Å². The van der Waals surface area contributed by atoms with Crippen LogP contribution in [0.25, 0.3) is 16.9 Å². The molecule has 0 saturated heterocycles. The van der Waals surface area contributed by atoms with E-state index >= 15 is 0 Å². The van der Waals surface area contributed by atoms with Crippen LogP contribution in [0, 0.1) is 0 Å². The molecule has 0 aliphatic heterocycles. The molecule has 4 nitrogen and oxygen atoms in total. The van der Waals surface area contributed by atoms with Crippen LogP contribution in [0.1, 0.15) is 11.1 Å². The Bertz CT molecular complexity index is 1400. The molecule has 0 aliphatic carbocycles. The first-order chi connectivity index (χ1) is 15.8. The summed E-state index contributed by atoms with van der Waals surface area (Å²) in [7, 11) is 0. The molecule has 4 aromatic carbocycles. The molecule has 0 atom stereocenters. The van der Waals surface area contributed by atoms with E-state index < -0.39 is 0 Å². The van der Waals surface area contributed by atoms with Gasteiger partial charge in [0, 0.05) is 11.1 Å². The van der Waals surface area contributed by atoms with Crippen LogP contribution in [-0.4, -0.2) is 15.5 Å². The molecule has 32 heavy (non-hydrogen) atoms. The largest absolute Gasteiger partial charge is 0.290 e. The molecule has 5 rings (SSSR count). The fourth-order valence-corrected chi connectivity index (χ4v) is 3.72. The van der Waals surface area contributed by atoms with Crippen molar-refractivity contribution in [3.8, 4) is 16.9 Å². The number of nitrogens with one attached hydrogen (secondary N) is 1. The second-order valence-electron chi connectivity index (χ2n) is 7.37. The maximum absolute atomic E-state index is 13.8. The summed E-state index contributed by atoms with van der Waals surface area (Å²) in [6.45, 7) is 0. The van der Waals surface area contributed by atoms with E-state index in [9.17, 15) is 4.79 Å². The van der Waals surface area contributed by atoms with Crippen molar-refractivity contribution in [1.82, 2.24) is 9.78 Å². The van der Waals surface area contributed by atoms with Crippen LogP contribution >= 0.6 is 0 Å². The van der Waals surface area contributed by atoms with E-state index in [1.165, 1.54) is 0 Å². The molecular formula is C28H21N3O. The number of benzene rings is 4. The standard InChI is InChI=1S/C28H21N3O/c32-28-25(26(21-13-5-1-6-14-21)29-23-17-9-3-10-18-23)27(22-15-7-2-8-16-22)30-31(28)24-19-11-4-12-20-24/h1-20,30H. The molecule has 0 spiro atoms. The molecule has 0 unspecified atom stereocenters. The molecule has 1 N–H and O–H groups in total. The Hall–Kier alpha value is -4.44. The quantitative estimate of drug-likeness (QED) is 0.352. The van der Waals surface area contributed by atoms with E-state index in [1.807, 2.05) is 121 Å². The summed E-state index contributed by atoms with van der Waals surface area (Å²) in [5.41, 5.74) is 5.12. The number of rotatable bonds is 5.